The first-order valence-corrected chi connectivity index (χ1v) is 7.69. The summed E-state index contributed by atoms with van der Waals surface area (Å²) in [6, 6.07) is 10.3. The van der Waals surface area contributed by atoms with Gasteiger partial charge in [-0.2, -0.15) is 0 Å². The maximum Gasteiger partial charge on any atom is 0.143 e. The second kappa shape index (κ2) is 5.28. The van der Waals surface area contributed by atoms with Gasteiger partial charge in [-0.25, -0.2) is 0 Å². The highest BCUT2D eigenvalue weighted by Crippen LogP contribution is 2.16. The number of benzene rings is 1. The highest BCUT2D eigenvalue weighted by molar-refractivity contribution is 5.55. The van der Waals surface area contributed by atoms with Crippen LogP contribution in [0.25, 0.3) is 11.8 Å². The van der Waals surface area contributed by atoms with Crippen LogP contribution in [0.1, 0.15) is 29.5 Å². The summed E-state index contributed by atoms with van der Waals surface area (Å²) < 4.78 is 6.06. The third-order valence-electron chi connectivity index (χ3n) is 4.30. The average molecular weight is 277 g/mol. The van der Waals surface area contributed by atoms with Gasteiger partial charge in [0.25, 0.3) is 0 Å². The fraction of sp³-hybridized carbons (Fsp3) is 0.263. The molecule has 2 heteroatoms. The summed E-state index contributed by atoms with van der Waals surface area (Å²) in [6.07, 6.45) is 11.3. The number of hydrogen-bond acceptors (Lipinski definition) is 1. The molecule has 0 unspecified atom stereocenters. The molecule has 2 aliphatic rings. The molecule has 2 nitrogen and oxygen atoms in total. The van der Waals surface area contributed by atoms with Crippen LogP contribution in [-0.2, 0) is 24.2 Å². The second-order valence-corrected chi connectivity index (χ2v) is 5.71. The Morgan fingerprint density at radius 2 is 2.00 bits per heavy atom. The van der Waals surface area contributed by atoms with Crippen molar-refractivity contribution in [3.8, 4) is 0 Å². The largest absolute Gasteiger partial charge is 0.487 e. The summed E-state index contributed by atoms with van der Waals surface area (Å²) in [7, 11) is 0. The molecule has 1 heterocycles. The van der Waals surface area contributed by atoms with E-state index in [4.69, 9.17) is 4.74 Å². The zero-order valence-corrected chi connectivity index (χ0v) is 12.1. The molecule has 1 N–H and O–H groups in total. The molecule has 4 rings (SSSR count). The third-order valence-corrected chi connectivity index (χ3v) is 4.30. The lowest BCUT2D eigenvalue weighted by atomic mass is 9.97. The van der Waals surface area contributed by atoms with Crippen molar-refractivity contribution in [1.82, 2.24) is 4.98 Å². The zero-order chi connectivity index (χ0) is 14.1. The maximum absolute atomic E-state index is 6.06. The first-order chi connectivity index (χ1) is 10.4. The van der Waals surface area contributed by atoms with Crippen LogP contribution in [0, 0.1) is 0 Å². The lowest BCUT2D eigenvalue weighted by molar-refractivity contribution is 0.263. The summed E-state index contributed by atoms with van der Waals surface area (Å²) >= 11 is 0. The van der Waals surface area contributed by atoms with Crippen LogP contribution < -0.4 is 10.7 Å². The Morgan fingerprint density at radius 1 is 1.10 bits per heavy atom. The van der Waals surface area contributed by atoms with Gasteiger partial charge in [0.05, 0.1) is 5.35 Å². The van der Waals surface area contributed by atoms with Crippen LogP contribution in [-0.4, -0.2) is 4.98 Å². The van der Waals surface area contributed by atoms with E-state index in [-0.39, 0.29) is 0 Å². The van der Waals surface area contributed by atoms with Crippen molar-refractivity contribution in [1.29, 1.82) is 0 Å². The zero-order valence-electron chi connectivity index (χ0n) is 12.1. The lowest BCUT2D eigenvalue weighted by Gasteiger charge is -2.11. The van der Waals surface area contributed by atoms with Crippen LogP contribution >= 0.6 is 0 Å². The van der Waals surface area contributed by atoms with E-state index in [2.05, 4.69) is 35.3 Å². The molecule has 1 aromatic carbocycles. The molecule has 0 radical (unpaired) electrons. The highest BCUT2D eigenvalue weighted by Gasteiger charge is 2.16. The number of nitrogens with one attached hydrogen (secondary N) is 1. The summed E-state index contributed by atoms with van der Waals surface area (Å²) in [5, 5.41) is 2.51. The number of rotatable bonds is 3. The average Bonchev–Trinajstić information content (AvgIpc) is 2.93. The van der Waals surface area contributed by atoms with E-state index in [0.29, 0.717) is 6.61 Å². The van der Waals surface area contributed by atoms with Crippen molar-refractivity contribution in [2.75, 3.05) is 0 Å². The van der Waals surface area contributed by atoms with Crippen LogP contribution in [0.2, 0.25) is 0 Å². The number of allylic oxidation sites excluding steroid dienone is 1. The van der Waals surface area contributed by atoms with Gasteiger partial charge >= 0.3 is 0 Å². The van der Waals surface area contributed by atoms with Gasteiger partial charge in [0, 0.05) is 5.35 Å². The number of H-pyrrole nitrogens is 1. The fourth-order valence-corrected chi connectivity index (χ4v) is 3.24. The topological polar surface area (TPSA) is 25.0 Å². The van der Waals surface area contributed by atoms with Gasteiger partial charge in [0.1, 0.15) is 12.4 Å². The molecule has 2 aromatic rings. The predicted molar refractivity (Wildman–Crippen MR) is 84.9 cm³/mol. The van der Waals surface area contributed by atoms with Gasteiger partial charge in [0.15, 0.2) is 0 Å². The van der Waals surface area contributed by atoms with Crippen molar-refractivity contribution in [2.24, 2.45) is 0 Å². The minimum atomic E-state index is 0.618. The Bertz CT molecular complexity index is 796. The first kappa shape index (κ1) is 12.5. The molecule has 0 saturated carbocycles. The molecule has 0 aliphatic heterocycles. The molecule has 0 saturated heterocycles. The van der Waals surface area contributed by atoms with Gasteiger partial charge in [-0.3, -0.25) is 0 Å². The van der Waals surface area contributed by atoms with Gasteiger partial charge in [-0.05, 0) is 48.4 Å². The van der Waals surface area contributed by atoms with Crippen LogP contribution in [0.4, 0.5) is 0 Å². The Labute approximate surface area is 124 Å². The molecule has 0 spiro atoms. The number of fused-ring (bicyclic) bond motifs is 3. The van der Waals surface area contributed by atoms with Crippen molar-refractivity contribution < 1.29 is 4.74 Å². The smallest absolute Gasteiger partial charge is 0.143 e. The van der Waals surface area contributed by atoms with E-state index in [1.54, 1.807) is 0 Å². The van der Waals surface area contributed by atoms with Crippen molar-refractivity contribution in [3.05, 3.63) is 69.9 Å². The van der Waals surface area contributed by atoms with Crippen LogP contribution in [0.5, 0.6) is 0 Å². The van der Waals surface area contributed by atoms with E-state index in [9.17, 15) is 0 Å². The highest BCUT2D eigenvalue weighted by atomic mass is 16.5. The standard InChI is InChI=1S/C19H19NO/c1-2-7-14(8-3-1)13-21-18-12-6-10-16-15-9-4-5-11-17(15)20-19(16)18/h1-3,6-8,11-12,20H,4-5,9-10,13H2. The molecular weight excluding hydrogens is 258 g/mol. The van der Waals surface area contributed by atoms with E-state index in [1.165, 1.54) is 46.7 Å². The summed E-state index contributed by atoms with van der Waals surface area (Å²) in [5.41, 5.74) is 4.14. The van der Waals surface area contributed by atoms with Gasteiger partial charge in [-0.1, -0.05) is 42.5 Å². The van der Waals surface area contributed by atoms with Crippen LogP contribution in [0.15, 0.2) is 42.5 Å². The molecule has 0 amide bonds. The molecule has 106 valence electrons. The van der Waals surface area contributed by atoms with Gasteiger partial charge in [-0.15, -0.1) is 0 Å². The molecule has 1 aromatic heterocycles. The quantitative estimate of drug-likeness (QED) is 0.916. The molecule has 0 fully saturated rings. The third kappa shape index (κ3) is 2.31. The number of aromatic nitrogens is 1. The summed E-state index contributed by atoms with van der Waals surface area (Å²) in [4.78, 5) is 3.57. The molecule has 21 heavy (non-hydrogen) atoms. The molecular formula is C19H19NO. The first-order valence-electron chi connectivity index (χ1n) is 7.69. The van der Waals surface area contributed by atoms with E-state index in [0.717, 1.165) is 12.2 Å². The lowest BCUT2D eigenvalue weighted by Crippen LogP contribution is -2.18. The van der Waals surface area contributed by atoms with Crippen molar-refractivity contribution in [3.63, 3.8) is 0 Å². The Kier molecular flexibility index (Phi) is 3.15. The monoisotopic (exact) mass is 277 g/mol. The van der Waals surface area contributed by atoms with E-state index < -0.39 is 0 Å². The summed E-state index contributed by atoms with van der Waals surface area (Å²) in [5.74, 6) is 0.975. The number of ether oxygens (including phenoxy) is 1. The summed E-state index contributed by atoms with van der Waals surface area (Å²) in [6.45, 7) is 0.618. The SMILES string of the molecule is C1=CC(OCc2ccccc2)=c2[nH]c3c(c2C1)CCCC=3. The van der Waals surface area contributed by atoms with E-state index >= 15 is 0 Å². The number of hydrogen-bond donors (Lipinski definition) is 1. The minimum Gasteiger partial charge on any atom is -0.487 e. The van der Waals surface area contributed by atoms with Gasteiger partial charge in [0.2, 0.25) is 0 Å². The minimum absolute atomic E-state index is 0.618. The Balaban J connectivity index is 1.71. The molecule has 0 bridgehead atoms. The van der Waals surface area contributed by atoms with Crippen LogP contribution in [0.3, 0.4) is 0 Å². The Hall–Kier alpha value is -2.22. The Morgan fingerprint density at radius 3 is 2.90 bits per heavy atom. The molecule has 2 aliphatic carbocycles. The fourth-order valence-electron chi connectivity index (χ4n) is 3.24. The van der Waals surface area contributed by atoms with Crippen molar-refractivity contribution in [2.45, 2.75) is 32.3 Å². The number of aromatic amines is 1. The normalized spacial score (nSPS) is 16.1. The van der Waals surface area contributed by atoms with Gasteiger partial charge < -0.3 is 9.72 Å². The second-order valence-electron chi connectivity index (χ2n) is 5.71. The van der Waals surface area contributed by atoms with Crippen molar-refractivity contribution >= 4 is 11.8 Å². The predicted octanol–water partition coefficient (Wildman–Crippen LogP) is 2.57. The van der Waals surface area contributed by atoms with E-state index in [1.807, 2.05) is 18.2 Å². The molecule has 0 atom stereocenters. The maximum atomic E-state index is 6.06.